The van der Waals surface area contributed by atoms with Gasteiger partial charge in [-0.1, -0.05) is 24.3 Å². The van der Waals surface area contributed by atoms with Gasteiger partial charge in [-0.2, -0.15) is 0 Å². The largest absolute Gasteiger partial charge is 0.497 e. The van der Waals surface area contributed by atoms with Gasteiger partial charge >= 0.3 is 0 Å². The highest BCUT2D eigenvalue weighted by Gasteiger charge is 2.16. The minimum absolute atomic E-state index is 0.0936. The number of pyridine rings is 1. The molecule has 1 heterocycles. The molecule has 3 aromatic rings. The summed E-state index contributed by atoms with van der Waals surface area (Å²) < 4.78 is 5.28. The second kappa shape index (κ2) is 5.05. The molecule has 0 unspecified atom stereocenters. The maximum atomic E-state index is 12.4. The standard InChI is InChI=1S/C17H16N2O2/c1-19(2)17(20)16-13-7-5-4-6-12(13)14-10-11(21-3)8-9-15(14)18-16/h4-10H,1-3H3. The van der Waals surface area contributed by atoms with Crippen LogP contribution < -0.4 is 4.74 Å². The average Bonchev–Trinajstić information content (AvgIpc) is 2.52. The van der Waals surface area contributed by atoms with Gasteiger partial charge in [-0.15, -0.1) is 0 Å². The Hall–Kier alpha value is -2.62. The highest BCUT2D eigenvalue weighted by Crippen LogP contribution is 2.29. The van der Waals surface area contributed by atoms with Crippen LogP contribution in [0.4, 0.5) is 0 Å². The van der Waals surface area contributed by atoms with Crippen molar-refractivity contribution in [2.45, 2.75) is 0 Å². The molecule has 0 spiro atoms. The molecule has 4 nitrogen and oxygen atoms in total. The highest BCUT2D eigenvalue weighted by molar-refractivity contribution is 6.14. The molecule has 0 aliphatic rings. The van der Waals surface area contributed by atoms with E-state index in [9.17, 15) is 4.79 Å². The first-order valence-electron chi connectivity index (χ1n) is 6.70. The first-order valence-corrected chi connectivity index (χ1v) is 6.70. The Morgan fingerprint density at radius 3 is 2.43 bits per heavy atom. The molecule has 1 amide bonds. The summed E-state index contributed by atoms with van der Waals surface area (Å²) in [4.78, 5) is 18.5. The number of nitrogens with zero attached hydrogens (tertiary/aromatic N) is 2. The van der Waals surface area contributed by atoms with Gasteiger partial charge in [0.05, 0.1) is 12.6 Å². The first-order chi connectivity index (χ1) is 10.1. The third-order valence-electron chi connectivity index (χ3n) is 3.52. The maximum absolute atomic E-state index is 12.4. The van der Waals surface area contributed by atoms with Crippen molar-refractivity contribution in [3.8, 4) is 5.75 Å². The zero-order valence-corrected chi connectivity index (χ0v) is 12.3. The lowest BCUT2D eigenvalue weighted by atomic mass is 10.0. The Labute approximate surface area is 123 Å². The number of hydrogen-bond acceptors (Lipinski definition) is 3. The van der Waals surface area contributed by atoms with Crippen molar-refractivity contribution in [3.05, 3.63) is 48.2 Å². The smallest absolute Gasteiger partial charge is 0.272 e. The van der Waals surface area contributed by atoms with Crippen LogP contribution in [-0.4, -0.2) is 37.0 Å². The van der Waals surface area contributed by atoms with Gasteiger partial charge in [-0.05, 0) is 23.6 Å². The fourth-order valence-corrected chi connectivity index (χ4v) is 2.44. The minimum Gasteiger partial charge on any atom is -0.497 e. The van der Waals surface area contributed by atoms with Gasteiger partial charge in [0.15, 0.2) is 0 Å². The number of carbonyl (C=O) groups is 1. The number of carbonyl (C=O) groups excluding carboxylic acids is 1. The predicted molar refractivity (Wildman–Crippen MR) is 83.8 cm³/mol. The summed E-state index contributed by atoms with van der Waals surface area (Å²) in [6.45, 7) is 0. The summed E-state index contributed by atoms with van der Waals surface area (Å²) in [7, 11) is 5.11. The van der Waals surface area contributed by atoms with E-state index < -0.39 is 0 Å². The molecule has 0 fully saturated rings. The lowest BCUT2D eigenvalue weighted by molar-refractivity contribution is 0.0824. The molecule has 0 saturated heterocycles. The number of fused-ring (bicyclic) bond motifs is 3. The van der Waals surface area contributed by atoms with Gasteiger partial charge in [-0.25, -0.2) is 4.98 Å². The van der Waals surface area contributed by atoms with Crippen LogP contribution in [-0.2, 0) is 0 Å². The number of ether oxygens (including phenoxy) is 1. The van der Waals surface area contributed by atoms with Gasteiger partial charge in [0, 0.05) is 24.9 Å². The van der Waals surface area contributed by atoms with Gasteiger partial charge in [-0.3, -0.25) is 4.79 Å². The maximum Gasteiger partial charge on any atom is 0.272 e. The van der Waals surface area contributed by atoms with Crippen molar-refractivity contribution in [2.24, 2.45) is 0 Å². The van der Waals surface area contributed by atoms with Gasteiger partial charge < -0.3 is 9.64 Å². The molecule has 1 aromatic heterocycles. The van der Waals surface area contributed by atoms with Gasteiger partial charge in [0.25, 0.3) is 5.91 Å². The molecule has 21 heavy (non-hydrogen) atoms. The van der Waals surface area contributed by atoms with E-state index in [1.807, 2.05) is 42.5 Å². The SMILES string of the molecule is COc1ccc2nc(C(=O)N(C)C)c3ccccc3c2c1. The zero-order valence-electron chi connectivity index (χ0n) is 12.3. The number of rotatable bonds is 2. The minimum atomic E-state index is -0.0936. The summed E-state index contributed by atoms with van der Waals surface area (Å²) in [6.07, 6.45) is 0. The Bertz CT molecular complexity index is 841. The Balaban J connectivity index is 2.41. The van der Waals surface area contributed by atoms with E-state index in [0.717, 1.165) is 27.4 Å². The van der Waals surface area contributed by atoms with Crippen LogP contribution in [0.15, 0.2) is 42.5 Å². The predicted octanol–water partition coefficient (Wildman–Crippen LogP) is 3.10. The van der Waals surface area contributed by atoms with E-state index in [0.29, 0.717) is 5.69 Å². The molecule has 0 saturated carbocycles. The first kappa shape index (κ1) is 13.4. The van der Waals surface area contributed by atoms with Crippen LogP contribution in [0.2, 0.25) is 0 Å². The number of benzene rings is 2. The fourth-order valence-electron chi connectivity index (χ4n) is 2.44. The Kier molecular flexibility index (Phi) is 3.22. The summed E-state index contributed by atoms with van der Waals surface area (Å²) in [5, 5.41) is 2.85. The van der Waals surface area contributed by atoms with Crippen LogP contribution >= 0.6 is 0 Å². The number of amides is 1. The van der Waals surface area contributed by atoms with Crippen LogP contribution in [0.3, 0.4) is 0 Å². The van der Waals surface area contributed by atoms with E-state index in [-0.39, 0.29) is 5.91 Å². The third kappa shape index (κ3) is 2.18. The molecule has 0 bridgehead atoms. The fraction of sp³-hybridized carbons (Fsp3) is 0.176. The van der Waals surface area contributed by atoms with E-state index in [2.05, 4.69) is 4.98 Å². The van der Waals surface area contributed by atoms with Crippen molar-refractivity contribution in [3.63, 3.8) is 0 Å². The van der Waals surface area contributed by atoms with Crippen molar-refractivity contribution in [1.29, 1.82) is 0 Å². The molecule has 0 aliphatic heterocycles. The molecule has 4 heteroatoms. The average molecular weight is 280 g/mol. The molecular formula is C17H16N2O2. The summed E-state index contributed by atoms with van der Waals surface area (Å²) in [5.74, 6) is 0.685. The lowest BCUT2D eigenvalue weighted by Crippen LogP contribution is -2.23. The van der Waals surface area contributed by atoms with E-state index in [4.69, 9.17) is 4.74 Å². The highest BCUT2D eigenvalue weighted by atomic mass is 16.5. The normalized spacial score (nSPS) is 10.8. The van der Waals surface area contributed by atoms with Crippen LogP contribution in [0.25, 0.3) is 21.7 Å². The second-order valence-electron chi connectivity index (χ2n) is 5.09. The molecule has 0 atom stereocenters. The van der Waals surface area contributed by atoms with Gasteiger partial charge in [0.1, 0.15) is 11.4 Å². The molecule has 2 aromatic carbocycles. The van der Waals surface area contributed by atoms with Crippen LogP contribution in [0.5, 0.6) is 5.75 Å². The zero-order chi connectivity index (χ0) is 15.0. The molecule has 0 aliphatic carbocycles. The lowest BCUT2D eigenvalue weighted by Gasteiger charge is -2.13. The quantitative estimate of drug-likeness (QED) is 0.677. The van der Waals surface area contributed by atoms with Crippen molar-refractivity contribution < 1.29 is 9.53 Å². The number of methoxy groups -OCH3 is 1. The Morgan fingerprint density at radius 1 is 1.05 bits per heavy atom. The van der Waals surface area contributed by atoms with Crippen molar-refractivity contribution >= 4 is 27.6 Å². The third-order valence-corrected chi connectivity index (χ3v) is 3.52. The monoisotopic (exact) mass is 280 g/mol. The van der Waals surface area contributed by atoms with Crippen LogP contribution in [0.1, 0.15) is 10.5 Å². The van der Waals surface area contributed by atoms with E-state index in [1.54, 1.807) is 26.1 Å². The molecule has 3 rings (SSSR count). The summed E-state index contributed by atoms with van der Waals surface area (Å²) >= 11 is 0. The second-order valence-corrected chi connectivity index (χ2v) is 5.09. The van der Waals surface area contributed by atoms with E-state index in [1.165, 1.54) is 0 Å². The molecular weight excluding hydrogens is 264 g/mol. The van der Waals surface area contributed by atoms with Crippen LogP contribution in [0, 0.1) is 0 Å². The van der Waals surface area contributed by atoms with E-state index >= 15 is 0 Å². The van der Waals surface area contributed by atoms with Gasteiger partial charge in [0.2, 0.25) is 0 Å². The molecule has 106 valence electrons. The topological polar surface area (TPSA) is 42.4 Å². The Morgan fingerprint density at radius 2 is 1.76 bits per heavy atom. The molecule has 0 radical (unpaired) electrons. The molecule has 0 N–H and O–H groups in total. The number of aromatic nitrogens is 1. The van der Waals surface area contributed by atoms with Crippen molar-refractivity contribution in [1.82, 2.24) is 9.88 Å². The van der Waals surface area contributed by atoms with Crippen molar-refractivity contribution in [2.75, 3.05) is 21.2 Å². The number of hydrogen-bond donors (Lipinski definition) is 0. The summed E-state index contributed by atoms with van der Waals surface area (Å²) in [5.41, 5.74) is 1.27. The summed E-state index contributed by atoms with van der Waals surface area (Å²) in [6, 6.07) is 13.5.